The fourth-order valence-electron chi connectivity index (χ4n) is 5.24. The van der Waals surface area contributed by atoms with Gasteiger partial charge >= 0.3 is 6.18 Å². The van der Waals surface area contributed by atoms with E-state index >= 15 is 0 Å². The number of ether oxygens (including phenoxy) is 1. The molecule has 1 saturated heterocycles. The van der Waals surface area contributed by atoms with Crippen molar-refractivity contribution in [3.8, 4) is 5.75 Å². The van der Waals surface area contributed by atoms with Crippen LogP contribution in [-0.4, -0.2) is 23.9 Å². The van der Waals surface area contributed by atoms with Gasteiger partial charge in [-0.2, -0.15) is 13.2 Å². The highest BCUT2D eigenvalue weighted by molar-refractivity contribution is 5.83. The van der Waals surface area contributed by atoms with Gasteiger partial charge in [-0.1, -0.05) is 68.4 Å². The largest absolute Gasteiger partial charge is 0.485 e. The van der Waals surface area contributed by atoms with Crippen LogP contribution in [0.25, 0.3) is 0 Å². The molecule has 3 aromatic rings. The van der Waals surface area contributed by atoms with E-state index in [1.54, 1.807) is 0 Å². The molecule has 0 aromatic heterocycles. The second kappa shape index (κ2) is 12.1. The average molecular weight is 524 g/mol. The molecule has 3 nitrogen and oxygen atoms in total. The summed E-state index contributed by atoms with van der Waals surface area (Å²) in [4.78, 5) is 15.5. The van der Waals surface area contributed by atoms with Gasteiger partial charge in [-0.25, -0.2) is 0 Å². The maximum atomic E-state index is 13.5. The van der Waals surface area contributed by atoms with Crippen LogP contribution in [0.5, 0.6) is 5.75 Å². The van der Waals surface area contributed by atoms with Crippen molar-refractivity contribution in [2.24, 2.45) is 11.8 Å². The minimum absolute atomic E-state index is 0.0120. The summed E-state index contributed by atoms with van der Waals surface area (Å²) in [5.41, 5.74) is 2.51. The Morgan fingerprint density at radius 3 is 2.18 bits per heavy atom. The zero-order valence-electron chi connectivity index (χ0n) is 22.2. The van der Waals surface area contributed by atoms with E-state index in [1.807, 2.05) is 42.2 Å². The number of likely N-dealkylation sites (tertiary alicyclic amines) is 1. The van der Waals surface area contributed by atoms with E-state index in [0.717, 1.165) is 42.5 Å². The Labute approximate surface area is 223 Å². The lowest BCUT2D eigenvalue weighted by molar-refractivity contribution is -0.137. The summed E-state index contributed by atoms with van der Waals surface area (Å²) in [6.07, 6.45) is -2.06. The van der Waals surface area contributed by atoms with Crippen molar-refractivity contribution >= 4 is 5.91 Å². The number of halogens is 3. The molecule has 1 heterocycles. The molecule has 0 aliphatic carbocycles. The van der Waals surface area contributed by atoms with Gasteiger partial charge in [-0.15, -0.1) is 0 Å². The van der Waals surface area contributed by atoms with Crippen LogP contribution in [-0.2, 0) is 17.4 Å². The van der Waals surface area contributed by atoms with Crippen LogP contribution in [0.3, 0.4) is 0 Å². The highest BCUT2D eigenvalue weighted by Gasteiger charge is 2.34. The normalized spacial score (nSPS) is 17.8. The Balaban J connectivity index is 1.50. The molecule has 0 radical (unpaired) electrons. The van der Waals surface area contributed by atoms with E-state index in [1.165, 1.54) is 17.7 Å². The smallest absolute Gasteiger partial charge is 0.416 e. The molecule has 3 atom stereocenters. The van der Waals surface area contributed by atoms with Gasteiger partial charge in [-0.05, 0) is 73.1 Å². The van der Waals surface area contributed by atoms with Crippen LogP contribution >= 0.6 is 0 Å². The first-order chi connectivity index (χ1) is 18.1. The second-order valence-electron chi connectivity index (χ2n) is 10.7. The SMILES string of the molecule is CC(C)Cc1ccc(C(C)C(=O)N2CCCC(C(Oc3ccc(C(F)(F)F)cc3)c3ccccc3)C2)cc1. The highest BCUT2D eigenvalue weighted by atomic mass is 19.4. The Kier molecular flexibility index (Phi) is 8.80. The molecule has 202 valence electrons. The minimum atomic E-state index is -4.40. The Bertz CT molecular complexity index is 1170. The zero-order chi connectivity index (χ0) is 27.3. The van der Waals surface area contributed by atoms with Crippen LogP contribution in [0.1, 0.15) is 67.9 Å². The number of piperidine rings is 1. The molecule has 4 rings (SSSR count). The highest BCUT2D eigenvalue weighted by Crippen LogP contribution is 2.36. The molecule has 0 N–H and O–H groups in total. The van der Waals surface area contributed by atoms with Crippen LogP contribution in [0.2, 0.25) is 0 Å². The Morgan fingerprint density at radius 2 is 1.58 bits per heavy atom. The van der Waals surface area contributed by atoms with E-state index < -0.39 is 11.7 Å². The lowest BCUT2D eigenvalue weighted by atomic mass is 9.87. The summed E-state index contributed by atoms with van der Waals surface area (Å²) in [7, 11) is 0. The van der Waals surface area contributed by atoms with Gasteiger partial charge in [0.05, 0.1) is 11.5 Å². The molecule has 3 unspecified atom stereocenters. The van der Waals surface area contributed by atoms with Gasteiger partial charge in [0, 0.05) is 19.0 Å². The lowest BCUT2D eigenvalue weighted by Crippen LogP contribution is -2.44. The van der Waals surface area contributed by atoms with Crippen molar-refractivity contribution in [1.82, 2.24) is 4.90 Å². The molecule has 38 heavy (non-hydrogen) atoms. The van der Waals surface area contributed by atoms with Crippen molar-refractivity contribution in [3.63, 3.8) is 0 Å². The van der Waals surface area contributed by atoms with Crippen LogP contribution in [0.15, 0.2) is 78.9 Å². The van der Waals surface area contributed by atoms with E-state index in [4.69, 9.17) is 4.74 Å². The van der Waals surface area contributed by atoms with E-state index in [9.17, 15) is 18.0 Å². The summed E-state index contributed by atoms with van der Waals surface area (Å²) in [6, 6.07) is 22.9. The maximum Gasteiger partial charge on any atom is 0.416 e. The number of hydrogen-bond acceptors (Lipinski definition) is 2. The summed E-state index contributed by atoms with van der Waals surface area (Å²) in [5, 5.41) is 0. The summed E-state index contributed by atoms with van der Waals surface area (Å²) in [6.45, 7) is 7.56. The molecule has 1 aliphatic heterocycles. The third kappa shape index (κ3) is 6.97. The van der Waals surface area contributed by atoms with E-state index in [2.05, 4.69) is 38.1 Å². The number of nitrogens with zero attached hydrogens (tertiary/aromatic N) is 1. The predicted molar refractivity (Wildman–Crippen MR) is 144 cm³/mol. The molecule has 1 amide bonds. The predicted octanol–water partition coefficient (Wildman–Crippen LogP) is 8.07. The first-order valence-corrected chi connectivity index (χ1v) is 13.4. The summed E-state index contributed by atoms with van der Waals surface area (Å²) in [5.74, 6) is 0.802. The second-order valence-corrected chi connectivity index (χ2v) is 10.7. The first-order valence-electron chi connectivity index (χ1n) is 13.4. The van der Waals surface area contributed by atoms with Crippen LogP contribution in [0, 0.1) is 11.8 Å². The number of carbonyl (C=O) groups is 1. The Hall–Kier alpha value is -3.28. The first kappa shape index (κ1) is 27.7. The fourth-order valence-corrected chi connectivity index (χ4v) is 5.24. The summed E-state index contributed by atoms with van der Waals surface area (Å²) < 4.78 is 45.4. The van der Waals surface area contributed by atoms with Gasteiger partial charge < -0.3 is 9.64 Å². The average Bonchev–Trinajstić information content (AvgIpc) is 2.91. The monoisotopic (exact) mass is 523 g/mol. The lowest BCUT2D eigenvalue weighted by Gasteiger charge is -2.38. The van der Waals surface area contributed by atoms with Crippen LogP contribution < -0.4 is 4.74 Å². The van der Waals surface area contributed by atoms with E-state index in [-0.39, 0.29) is 23.8 Å². The maximum absolute atomic E-state index is 13.5. The summed E-state index contributed by atoms with van der Waals surface area (Å²) >= 11 is 0. The molecular weight excluding hydrogens is 487 g/mol. The van der Waals surface area contributed by atoms with Crippen molar-refractivity contribution in [2.45, 2.75) is 58.2 Å². The number of hydrogen-bond donors (Lipinski definition) is 0. The molecule has 1 fully saturated rings. The quantitative estimate of drug-likeness (QED) is 0.299. The zero-order valence-corrected chi connectivity index (χ0v) is 22.2. The molecule has 0 saturated carbocycles. The molecule has 3 aromatic carbocycles. The molecular formula is C32H36F3NO2. The topological polar surface area (TPSA) is 29.5 Å². The van der Waals surface area contributed by atoms with Gasteiger partial charge in [0.15, 0.2) is 0 Å². The Morgan fingerprint density at radius 1 is 0.921 bits per heavy atom. The minimum Gasteiger partial charge on any atom is -0.485 e. The number of benzene rings is 3. The number of alkyl halides is 3. The molecule has 6 heteroatoms. The van der Waals surface area contributed by atoms with Crippen molar-refractivity contribution in [2.75, 3.05) is 13.1 Å². The third-order valence-corrected chi connectivity index (χ3v) is 7.26. The van der Waals surface area contributed by atoms with Gasteiger partial charge in [0.1, 0.15) is 11.9 Å². The molecule has 0 bridgehead atoms. The van der Waals surface area contributed by atoms with Gasteiger partial charge in [0.2, 0.25) is 5.91 Å². The molecule has 1 aliphatic rings. The van der Waals surface area contributed by atoms with Gasteiger partial charge in [-0.3, -0.25) is 4.79 Å². The van der Waals surface area contributed by atoms with Crippen molar-refractivity contribution < 1.29 is 22.7 Å². The third-order valence-electron chi connectivity index (χ3n) is 7.26. The number of amides is 1. The fraction of sp³-hybridized carbons (Fsp3) is 0.406. The molecule has 0 spiro atoms. The van der Waals surface area contributed by atoms with Crippen molar-refractivity contribution in [3.05, 3.63) is 101 Å². The number of rotatable bonds is 8. The van der Waals surface area contributed by atoms with Gasteiger partial charge in [0.25, 0.3) is 0 Å². The van der Waals surface area contributed by atoms with Crippen LogP contribution in [0.4, 0.5) is 13.2 Å². The van der Waals surface area contributed by atoms with Crippen molar-refractivity contribution in [1.29, 1.82) is 0 Å². The number of carbonyl (C=O) groups excluding carboxylic acids is 1. The standard InChI is InChI=1S/C32H36F3NO2/c1-22(2)20-24-11-13-25(14-12-24)23(3)31(37)36-19-7-10-27(21-36)30(26-8-5-4-6-9-26)38-29-17-15-28(16-18-29)32(33,34)35/h4-6,8-9,11-18,22-23,27,30H,7,10,19-21H2,1-3H3. The van der Waals surface area contributed by atoms with E-state index in [0.29, 0.717) is 24.8 Å².